The number of aryl methyl sites for hydroxylation is 2. The third-order valence-corrected chi connectivity index (χ3v) is 5.28. The maximum atomic E-state index is 12.4. The Kier molecular flexibility index (Phi) is 6.16. The second kappa shape index (κ2) is 8.75. The maximum absolute atomic E-state index is 12.4. The molecule has 0 aliphatic heterocycles. The number of anilines is 1. The van der Waals surface area contributed by atoms with Crippen LogP contribution in [-0.2, 0) is 9.53 Å². The minimum atomic E-state index is -0.492. The highest BCUT2D eigenvalue weighted by atomic mass is 32.2. The van der Waals surface area contributed by atoms with Gasteiger partial charge in [0.15, 0.2) is 5.16 Å². The van der Waals surface area contributed by atoms with E-state index in [0.717, 1.165) is 10.8 Å². The molecule has 0 saturated heterocycles. The highest BCUT2D eigenvalue weighted by molar-refractivity contribution is 7.99. The van der Waals surface area contributed by atoms with Crippen LogP contribution in [0.5, 0.6) is 0 Å². The lowest BCUT2D eigenvalue weighted by molar-refractivity contribution is -0.113. The van der Waals surface area contributed by atoms with Crippen molar-refractivity contribution < 1.29 is 14.3 Å². The van der Waals surface area contributed by atoms with Crippen LogP contribution in [0, 0.1) is 13.8 Å². The zero-order chi connectivity index (χ0) is 20.1. The number of para-hydroxylation sites is 1. The molecule has 2 aromatic carbocycles. The van der Waals surface area contributed by atoms with Gasteiger partial charge in [-0.15, -0.1) is 0 Å². The molecule has 7 heteroatoms. The van der Waals surface area contributed by atoms with Gasteiger partial charge < -0.3 is 10.1 Å². The lowest BCUT2D eigenvalue weighted by Crippen LogP contribution is -2.17. The van der Waals surface area contributed by atoms with E-state index in [0.29, 0.717) is 11.3 Å². The molecule has 0 fully saturated rings. The average Bonchev–Trinajstić information content (AvgIpc) is 3.17. The van der Waals surface area contributed by atoms with Gasteiger partial charge in [-0.25, -0.2) is 9.78 Å². The number of esters is 1. The van der Waals surface area contributed by atoms with E-state index in [1.165, 1.54) is 30.0 Å². The van der Waals surface area contributed by atoms with Crippen molar-refractivity contribution >= 4 is 29.3 Å². The molecule has 3 aromatic rings. The predicted octanol–water partition coefficient (Wildman–Crippen LogP) is 4.01. The SMILES string of the molecule is COC(=O)c1ccccc1NC(=O)CSc1nccn1-c1ccc(C)c(C)c1. The molecule has 0 atom stereocenters. The smallest absolute Gasteiger partial charge is 0.339 e. The molecule has 1 aromatic heterocycles. The minimum absolute atomic E-state index is 0.164. The summed E-state index contributed by atoms with van der Waals surface area (Å²) < 4.78 is 6.70. The lowest BCUT2D eigenvalue weighted by Gasteiger charge is -2.11. The monoisotopic (exact) mass is 395 g/mol. The number of rotatable bonds is 6. The van der Waals surface area contributed by atoms with Gasteiger partial charge in [-0.3, -0.25) is 9.36 Å². The molecule has 0 bridgehead atoms. The first-order valence-corrected chi connectivity index (χ1v) is 9.69. The molecule has 3 rings (SSSR count). The quantitative estimate of drug-likeness (QED) is 0.504. The summed E-state index contributed by atoms with van der Waals surface area (Å²) in [5.74, 6) is -0.554. The molecule has 0 spiro atoms. The molecule has 28 heavy (non-hydrogen) atoms. The molecule has 0 aliphatic rings. The highest BCUT2D eigenvalue weighted by Gasteiger charge is 2.14. The summed E-state index contributed by atoms with van der Waals surface area (Å²) in [6.07, 6.45) is 3.58. The standard InChI is InChI=1S/C21H21N3O3S/c1-14-8-9-16(12-15(14)2)24-11-10-22-21(24)28-13-19(25)23-18-7-5-4-6-17(18)20(26)27-3/h4-12H,13H2,1-3H3,(H,23,25). The number of hydrogen-bond acceptors (Lipinski definition) is 5. The van der Waals surface area contributed by atoms with E-state index < -0.39 is 5.97 Å². The van der Waals surface area contributed by atoms with Crippen molar-refractivity contribution in [3.05, 3.63) is 71.5 Å². The molecule has 0 radical (unpaired) electrons. The predicted molar refractivity (Wildman–Crippen MR) is 110 cm³/mol. The van der Waals surface area contributed by atoms with Crippen LogP contribution in [-0.4, -0.2) is 34.3 Å². The first-order chi connectivity index (χ1) is 13.5. The van der Waals surface area contributed by atoms with Crippen LogP contribution < -0.4 is 5.32 Å². The Morgan fingerprint density at radius 2 is 1.93 bits per heavy atom. The number of carbonyl (C=O) groups excluding carboxylic acids is 2. The molecule has 1 N–H and O–H groups in total. The van der Waals surface area contributed by atoms with Gasteiger partial charge in [0.05, 0.1) is 24.1 Å². The summed E-state index contributed by atoms with van der Waals surface area (Å²) in [7, 11) is 1.31. The van der Waals surface area contributed by atoms with Crippen LogP contribution in [0.3, 0.4) is 0 Å². The van der Waals surface area contributed by atoms with Crippen LogP contribution >= 0.6 is 11.8 Å². The van der Waals surface area contributed by atoms with Crippen molar-refractivity contribution in [1.29, 1.82) is 0 Å². The molecule has 1 heterocycles. The minimum Gasteiger partial charge on any atom is -0.465 e. The van der Waals surface area contributed by atoms with Crippen molar-refractivity contribution in [3.8, 4) is 5.69 Å². The fourth-order valence-electron chi connectivity index (χ4n) is 2.66. The van der Waals surface area contributed by atoms with Crippen LogP contribution in [0.25, 0.3) is 5.69 Å². The number of hydrogen-bond donors (Lipinski definition) is 1. The zero-order valence-electron chi connectivity index (χ0n) is 15.9. The number of methoxy groups -OCH3 is 1. The largest absolute Gasteiger partial charge is 0.465 e. The van der Waals surface area contributed by atoms with E-state index >= 15 is 0 Å². The van der Waals surface area contributed by atoms with E-state index in [4.69, 9.17) is 4.74 Å². The molecular formula is C21H21N3O3S. The molecular weight excluding hydrogens is 374 g/mol. The second-order valence-corrected chi connectivity index (χ2v) is 7.16. The Bertz CT molecular complexity index is 1010. The first kappa shape index (κ1) is 19.7. The Morgan fingerprint density at radius 3 is 2.68 bits per heavy atom. The van der Waals surface area contributed by atoms with Gasteiger partial charge in [0.2, 0.25) is 5.91 Å². The second-order valence-electron chi connectivity index (χ2n) is 6.22. The summed E-state index contributed by atoms with van der Waals surface area (Å²) in [4.78, 5) is 28.6. The molecule has 0 unspecified atom stereocenters. The summed E-state index contributed by atoms with van der Waals surface area (Å²) >= 11 is 1.33. The van der Waals surface area contributed by atoms with E-state index in [1.54, 1.807) is 30.5 Å². The number of nitrogens with one attached hydrogen (secondary N) is 1. The van der Waals surface area contributed by atoms with Crippen molar-refractivity contribution in [2.24, 2.45) is 0 Å². The molecule has 6 nitrogen and oxygen atoms in total. The van der Waals surface area contributed by atoms with E-state index in [2.05, 4.69) is 36.3 Å². The van der Waals surface area contributed by atoms with Crippen molar-refractivity contribution in [2.75, 3.05) is 18.2 Å². The molecule has 0 saturated carbocycles. The van der Waals surface area contributed by atoms with Gasteiger partial charge in [0, 0.05) is 18.1 Å². The number of benzene rings is 2. The van der Waals surface area contributed by atoms with E-state index in [-0.39, 0.29) is 11.7 Å². The normalized spacial score (nSPS) is 10.5. The number of thioether (sulfide) groups is 1. The topological polar surface area (TPSA) is 73.2 Å². The highest BCUT2D eigenvalue weighted by Crippen LogP contribution is 2.23. The number of amides is 1. The average molecular weight is 395 g/mol. The Morgan fingerprint density at radius 1 is 1.14 bits per heavy atom. The van der Waals surface area contributed by atoms with Gasteiger partial charge in [-0.1, -0.05) is 30.0 Å². The van der Waals surface area contributed by atoms with Crippen LogP contribution in [0.15, 0.2) is 60.0 Å². The van der Waals surface area contributed by atoms with Crippen molar-refractivity contribution in [2.45, 2.75) is 19.0 Å². The van der Waals surface area contributed by atoms with Gasteiger partial charge in [0.25, 0.3) is 0 Å². The van der Waals surface area contributed by atoms with E-state index in [9.17, 15) is 9.59 Å². The molecule has 1 amide bonds. The maximum Gasteiger partial charge on any atom is 0.339 e. The number of nitrogens with zero attached hydrogens (tertiary/aromatic N) is 2. The summed E-state index contributed by atoms with van der Waals surface area (Å²) in [6, 6.07) is 12.9. The van der Waals surface area contributed by atoms with Crippen LogP contribution in [0.2, 0.25) is 0 Å². The zero-order valence-corrected chi connectivity index (χ0v) is 16.7. The third-order valence-electron chi connectivity index (χ3n) is 4.31. The molecule has 0 aliphatic carbocycles. The van der Waals surface area contributed by atoms with E-state index in [1.807, 2.05) is 16.8 Å². The van der Waals surface area contributed by atoms with Gasteiger partial charge in [-0.2, -0.15) is 0 Å². The Hall–Kier alpha value is -3.06. The summed E-state index contributed by atoms with van der Waals surface area (Å²) in [6.45, 7) is 4.13. The van der Waals surface area contributed by atoms with Crippen molar-refractivity contribution in [3.63, 3.8) is 0 Å². The Balaban J connectivity index is 1.69. The van der Waals surface area contributed by atoms with Crippen LogP contribution in [0.1, 0.15) is 21.5 Å². The number of aromatic nitrogens is 2. The summed E-state index contributed by atoms with van der Waals surface area (Å²) in [5, 5.41) is 3.49. The van der Waals surface area contributed by atoms with Crippen LogP contribution in [0.4, 0.5) is 5.69 Å². The Labute approximate surface area is 167 Å². The van der Waals surface area contributed by atoms with Gasteiger partial charge in [-0.05, 0) is 49.2 Å². The van der Waals surface area contributed by atoms with Gasteiger partial charge in [0.1, 0.15) is 0 Å². The first-order valence-electron chi connectivity index (χ1n) is 8.70. The summed E-state index contributed by atoms with van der Waals surface area (Å²) in [5.41, 5.74) is 4.16. The lowest BCUT2D eigenvalue weighted by atomic mass is 10.1. The number of ether oxygens (including phenoxy) is 1. The fraction of sp³-hybridized carbons (Fsp3) is 0.190. The van der Waals surface area contributed by atoms with Crippen molar-refractivity contribution in [1.82, 2.24) is 9.55 Å². The van der Waals surface area contributed by atoms with Gasteiger partial charge >= 0.3 is 5.97 Å². The fourth-order valence-corrected chi connectivity index (χ4v) is 3.44. The number of imidazole rings is 1. The third kappa shape index (κ3) is 4.43. The molecule has 144 valence electrons. The number of carbonyl (C=O) groups is 2.